The quantitative estimate of drug-likeness (QED) is 0.101. The summed E-state index contributed by atoms with van der Waals surface area (Å²) in [6, 6.07) is 0. The second kappa shape index (κ2) is 22.0. The van der Waals surface area contributed by atoms with Gasteiger partial charge in [0.2, 0.25) is 0 Å². The van der Waals surface area contributed by atoms with E-state index in [1.54, 1.807) is 0 Å². The Labute approximate surface area is 217 Å². The molecule has 33 heavy (non-hydrogen) atoms. The Morgan fingerprint density at radius 1 is 0.606 bits per heavy atom. The number of carbonyl (C=O) groups is 1. The first-order valence-corrected chi connectivity index (χ1v) is 29.8. The van der Waals surface area contributed by atoms with Gasteiger partial charge in [0.25, 0.3) is 0 Å². The van der Waals surface area contributed by atoms with Crippen LogP contribution in [0.3, 0.4) is 0 Å². The minimum absolute atomic E-state index is 0.134. The van der Waals surface area contributed by atoms with Crippen molar-refractivity contribution in [2.24, 2.45) is 0 Å². The Balaban J connectivity index is 5.16. The first kappa shape index (κ1) is 33.8. The van der Waals surface area contributed by atoms with Crippen molar-refractivity contribution >= 4 is 43.1 Å². The zero-order chi connectivity index (χ0) is 24.8. The van der Waals surface area contributed by atoms with E-state index in [9.17, 15) is 4.79 Å². The second-order valence-corrected chi connectivity index (χ2v) is 35.2. The van der Waals surface area contributed by atoms with Crippen molar-refractivity contribution in [3.8, 4) is 0 Å². The van der Waals surface area contributed by atoms with Crippen molar-refractivity contribution in [1.82, 2.24) is 0 Å². The van der Waals surface area contributed by atoms with E-state index in [0.717, 1.165) is 6.42 Å². The molecule has 2 nitrogen and oxygen atoms in total. The van der Waals surface area contributed by atoms with E-state index < -0.39 is 37.2 Å². The molecule has 4 heteroatoms. The van der Waals surface area contributed by atoms with Crippen LogP contribution in [0.15, 0.2) is 10.2 Å². The summed E-state index contributed by atoms with van der Waals surface area (Å²) in [4.78, 5) is 13.0. The van der Waals surface area contributed by atoms with E-state index in [4.69, 9.17) is 3.07 Å². The van der Waals surface area contributed by atoms with E-state index in [0.29, 0.717) is 6.42 Å². The molecule has 0 aromatic heterocycles. The van der Waals surface area contributed by atoms with Crippen LogP contribution in [0.25, 0.3) is 0 Å². The molecule has 0 N–H and O–H groups in total. The van der Waals surface area contributed by atoms with Crippen LogP contribution in [0.1, 0.15) is 131 Å². The number of unbranched alkanes of at least 4 members (excludes halogenated alkanes) is 6. The van der Waals surface area contributed by atoms with Gasteiger partial charge in [0.05, 0.1) is 0 Å². The molecule has 0 aliphatic carbocycles. The molecule has 0 aliphatic rings. The maximum absolute atomic E-state index is 13.0. The Kier molecular flexibility index (Phi) is 22.6. The van der Waals surface area contributed by atoms with Gasteiger partial charge in [-0.3, -0.25) is 0 Å². The van der Waals surface area contributed by atoms with Crippen LogP contribution in [0.5, 0.6) is 0 Å². The van der Waals surface area contributed by atoms with Crippen LogP contribution >= 0.6 is 0 Å². The fourth-order valence-corrected chi connectivity index (χ4v) is 32.8. The van der Waals surface area contributed by atoms with Crippen LogP contribution in [0.2, 0.25) is 26.6 Å². The molecule has 0 amide bonds. The molecule has 0 aromatic rings. The maximum atomic E-state index is 13.0. The van der Waals surface area contributed by atoms with Crippen LogP contribution < -0.4 is 0 Å². The average molecular weight is 678 g/mol. The molecule has 0 atom stereocenters. The molecule has 0 fully saturated rings. The van der Waals surface area contributed by atoms with Gasteiger partial charge in [-0.1, -0.05) is 0 Å². The van der Waals surface area contributed by atoms with Gasteiger partial charge in [-0.05, 0) is 0 Å². The average Bonchev–Trinajstić information content (AvgIpc) is 2.83. The number of allylic oxidation sites excluding steroid dienone is 1. The first-order chi connectivity index (χ1) is 16.0. The molecule has 0 saturated carbocycles. The van der Waals surface area contributed by atoms with Crippen molar-refractivity contribution < 1.29 is 7.87 Å². The van der Waals surface area contributed by atoms with Crippen molar-refractivity contribution in [2.75, 3.05) is 0 Å². The van der Waals surface area contributed by atoms with Crippen molar-refractivity contribution in [3.63, 3.8) is 0 Å². The standard InChI is InChI=1S/C5H7O2.6C4H9.2Sn/c1-2-3-4-5(6)7;6*1-3-4-2;;/h1-2H,3-4H2,(H,6,7);6*1,3-4H2,2H3;;/q;;;;;;;;+1/p-1. The van der Waals surface area contributed by atoms with Gasteiger partial charge in [-0.15, -0.1) is 0 Å². The Morgan fingerprint density at radius 2 is 0.970 bits per heavy atom. The predicted molar refractivity (Wildman–Crippen MR) is 154 cm³/mol. The van der Waals surface area contributed by atoms with E-state index in [-0.39, 0.29) is 5.97 Å². The van der Waals surface area contributed by atoms with Gasteiger partial charge in [0.15, 0.2) is 0 Å². The number of carbonyl (C=O) groups excluding carboxylic acids is 1. The number of rotatable bonds is 23. The zero-order valence-electron chi connectivity index (χ0n) is 23.6. The van der Waals surface area contributed by atoms with Gasteiger partial charge in [-0.25, -0.2) is 0 Å². The molecule has 0 aliphatic heterocycles. The topological polar surface area (TPSA) is 26.3 Å². The monoisotopic (exact) mass is 680 g/mol. The van der Waals surface area contributed by atoms with E-state index in [2.05, 4.69) is 51.7 Å². The predicted octanol–water partition coefficient (Wildman–Crippen LogP) is 10.6. The van der Waals surface area contributed by atoms with Gasteiger partial charge < -0.3 is 0 Å². The molecule has 0 bridgehead atoms. The summed E-state index contributed by atoms with van der Waals surface area (Å²) < 4.78 is 17.5. The molecular weight excluding hydrogens is 618 g/mol. The molecule has 0 spiro atoms. The Hall–Kier alpha value is 0.807. The minimum atomic E-state index is -2.81. The molecule has 0 unspecified atom stereocenters. The zero-order valence-corrected chi connectivity index (χ0v) is 29.3. The van der Waals surface area contributed by atoms with Crippen molar-refractivity contribution in [2.45, 2.75) is 158 Å². The number of hydrogen-bond acceptors (Lipinski definition) is 2. The summed E-state index contributed by atoms with van der Waals surface area (Å²) in [5, 5.41) is 0. The third kappa shape index (κ3) is 16.2. The summed E-state index contributed by atoms with van der Waals surface area (Å²) in [7, 11) is 0. The summed E-state index contributed by atoms with van der Waals surface area (Å²) in [5.74, 6) is 0.134. The van der Waals surface area contributed by atoms with Crippen LogP contribution in [0, 0.1) is 0 Å². The van der Waals surface area contributed by atoms with Crippen LogP contribution in [0.4, 0.5) is 0 Å². The van der Waals surface area contributed by atoms with E-state index in [1.165, 1.54) is 104 Å². The molecular formula is C29H60O2Sn2. The summed E-state index contributed by atoms with van der Waals surface area (Å²) in [6.07, 6.45) is 19.5. The summed E-state index contributed by atoms with van der Waals surface area (Å²) >= 11 is -5.03. The summed E-state index contributed by atoms with van der Waals surface area (Å²) in [6.45, 7) is 13.8. The Morgan fingerprint density at radius 3 is 1.33 bits per heavy atom. The van der Waals surface area contributed by atoms with Crippen molar-refractivity contribution in [1.29, 1.82) is 0 Å². The molecule has 0 saturated heterocycles. The second-order valence-electron chi connectivity index (χ2n) is 10.6. The normalized spacial score (nSPS) is 12.5. The van der Waals surface area contributed by atoms with Gasteiger partial charge in [0, 0.05) is 0 Å². The van der Waals surface area contributed by atoms with Crippen LogP contribution in [-0.4, -0.2) is 43.1 Å². The van der Waals surface area contributed by atoms with Gasteiger partial charge in [-0.2, -0.15) is 0 Å². The van der Waals surface area contributed by atoms with Gasteiger partial charge >= 0.3 is 219 Å². The van der Waals surface area contributed by atoms with E-state index >= 15 is 0 Å². The fourth-order valence-electron chi connectivity index (χ4n) is 5.06. The molecule has 196 valence electrons. The van der Waals surface area contributed by atoms with Crippen LogP contribution in [-0.2, 0) is 7.87 Å². The summed E-state index contributed by atoms with van der Waals surface area (Å²) in [5.41, 5.74) is 0. The SMILES string of the molecule is CCC[CH2][Sn](/[CH]=C/CCC(=O)[O][Sn]([CH2]CCC)([CH2]CCC)[CH2]CCC)([CH2]CCC)[CH2]CCC. The Bertz CT molecular complexity index is 446. The van der Waals surface area contributed by atoms with E-state index in [1.807, 2.05) is 0 Å². The first-order valence-electron chi connectivity index (χ1n) is 14.9. The molecule has 0 heterocycles. The fraction of sp³-hybridized carbons (Fsp3) is 0.897. The van der Waals surface area contributed by atoms with Crippen molar-refractivity contribution in [3.05, 3.63) is 10.2 Å². The third-order valence-corrected chi connectivity index (χ3v) is 34.3. The molecule has 0 radical (unpaired) electrons. The molecule has 0 rings (SSSR count). The third-order valence-electron chi connectivity index (χ3n) is 7.36. The molecule has 0 aromatic carbocycles. The van der Waals surface area contributed by atoms with Gasteiger partial charge in [0.1, 0.15) is 0 Å². The number of hydrogen-bond donors (Lipinski definition) is 0.